The number of piperidine rings is 1. The van der Waals surface area contributed by atoms with Gasteiger partial charge in [-0.05, 0) is 63.9 Å². The second-order valence-electron chi connectivity index (χ2n) is 8.03. The molecule has 2 rings (SSSR count). The molecule has 0 spiro atoms. The zero-order valence-electron chi connectivity index (χ0n) is 19.7. The highest BCUT2D eigenvalue weighted by Gasteiger charge is 2.22. The van der Waals surface area contributed by atoms with Crippen molar-refractivity contribution < 1.29 is 14.3 Å². The maximum absolute atomic E-state index is 11.3. The number of methoxy groups -OCH3 is 1. The number of ether oxygens (including phenoxy) is 2. The van der Waals surface area contributed by atoms with Crippen LogP contribution in [0.4, 0.5) is 0 Å². The number of carbonyl (C=O) groups excluding carboxylic acids is 1. The van der Waals surface area contributed by atoms with Crippen LogP contribution in [0.5, 0.6) is 5.75 Å². The normalized spacial score (nSPS) is 15.2. The molecular formula is C23H40IN5O3. The lowest BCUT2D eigenvalue weighted by Crippen LogP contribution is -2.39. The number of aliphatic imine (C=N–C) groups is 1. The zero-order valence-corrected chi connectivity index (χ0v) is 22.0. The van der Waals surface area contributed by atoms with Gasteiger partial charge >= 0.3 is 0 Å². The first-order valence-electron chi connectivity index (χ1n) is 11.2. The summed E-state index contributed by atoms with van der Waals surface area (Å²) in [4.78, 5) is 18.0. The molecule has 8 nitrogen and oxygen atoms in total. The van der Waals surface area contributed by atoms with Gasteiger partial charge in [-0.3, -0.25) is 9.79 Å². The van der Waals surface area contributed by atoms with Crippen LogP contribution in [0.2, 0.25) is 0 Å². The van der Waals surface area contributed by atoms with Gasteiger partial charge in [0.2, 0.25) is 5.91 Å². The van der Waals surface area contributed by atoms with E-state index in [-0.39, 0.29) is 35.8 Å². The van der Waals surface area contributed by atoms with E-state index in [0.29, 0.717) is 19.8 Å². The Morgan fingerprint density at radius 2 is 1.97 bits per heavy atom. The van der Waals surface area contributed by atoms with Crippen molar-refractivity contribution in [2.45, 2.75) is 39.2 Å². The van der Waals surface area contributed by atoms with Crippen molar-refractivity contribution in [1.29, 1.82) is 0 Å². The first kappa shape index (κ1) is 28.4. The van der Waals surface area contributed by atoms with Gasteiger partial charge in [0.05, 0.1) is 6.61 Å². The predicted molar refractivity (Wildman–Crippen MR) is 140 cm³/mol. The number of amides is 1. The number of carbonyl (C=O) groups is 1. The number of aryl methyl sites for hydroxylation is 1. The van der Waals surface area contributed by atoms with Crippen LogP contribution in [0, 0.1) is 12.8 Å². The van der Waals surface area contributed by atoms with E-state index in [9.17, 15) is 4.79 Å². The van der Waals surface area contributed by atoms with Crippen LogP contribution in [-0.2, 0) is 16.1 Å². The second-order valence-corrected chi connectivity index (χ2v) is 8.03. The van der Waals surface area contributed by atoms with Crippen LogP contribution >= 0.6 is 24.0 Å². The number of primary amides is 1. The molecule has 1 heterocycles. The molecule has 0 saturated carbocycles. The quantitative estimate of drug-likeness (QED) is 0.157. The molecule has 0 aromatic heterocycles. The van der Waals surface area contributed by atoms with Crippen molar-refractivity contribution in [3.8, 4) is 5.75 Å². The third-order valence-electron chi connectivity index (χ3n) is 5.62. The highest BCUT2D eigenvalue weighted by Crippen LogP contribution is 2.20. The minimum absolute atomic E-state index is 0. The van der Waals surface area contributed by atoms with Crippen molar-refractivity contribution in [2.24, 2.45) is 16.6 Å². The van der Waals surface area contributed by atoms with Crippen molar-refractivity contribution >= 4 is 35.8 Å². The predicted octanol–water partition coefficient (Wildman–Crippen LogP) is 2.28. The molecule has 4 N–H and O–H groups in total. The maximum Gasteiger partial charge on any atom is 0.220 e. The Morgan fingerprint density at radius 3 is 2.62 bits per heavy atom. The smallest absolute Gasteiger partial charge is 0.220 e. The van der Waals surface area contributed by atoms with E-state index < -0.39 is 0 Å². The molecular weight excluding hydrogens is 521 g/mol. The van der Waals surface area contributed by atoms with Crippen LogP contribution in [0.3, 0.4) is 0 Å². The highest BCUT2D eigenvalue weighted by atomic mass is 127. The van der Waals surface area contributed by atoms with Gasteiger partial charge in [0.15, 0.2) is 5.96 Å². The number of unbranched alkanes of at least 4 members (excludes halogenated alkanes) is 1. The second kappa shape index (κ2) is 16.1. The van der Waals surface area contributed by atoms with E-state index in [2.05, 4.69) is 45.6 Å². The summed E-state index contributed by atoms with van der Waals surface area (Å²) in [7, 11) is 3.45. The summed E-state index contributed by atoms with van der Waals surface area (Å²) >= 11 is 0. The molecule has 1 fully saturated rings. The SMILES string of the molecule is CN=C(NCCCCN1CCC(C(N)=O)CC1)NCc1ccc(C)cc1OCCOC.I. The molecule has 0 unspecified atom stereocenters. The van der Waals surface area contributed by atoms with Gasteiger partial charge < -0.3 is 30.7 Å². The number of hydrogen-bond acceptors (Lipinski definition) is 5. The van der Waals surface area contributed by atoms with Crippen LogP contribution in [0.25, 0.3) is 0 Å². The number of hydrogen-bond donors (Lipinski definition) is 3. The molecule has 1 aliphatic heterocycles. The standard InChI is InChI=1S/C23H39N5O3.HI/c1-18-6-7-20(21(16-18)31-15-14-30-3)17-27-23(25-2)26-10-4-5-11-28-12-8-19(9-13-28)22(24)29;/h6-7,16,19H,4-5,8-15,17H2,1-3H3,(H2,24,29)(H2,25,26,27);1H. The lowest BCUT2D eigenvalue weighted by atomic mass is 9.96. The van der Waals surface area contributed by atoms with Crippen LogP contribution in [-0.4, -0.2) is 70.3 Å². The Hall–Kier alpha value is -1.59. The molecule has 1 aromatic carbocycles. The number of halogens is 1. The summed E-state index contributed by atoms with van der Waals surface area (Å²) in [5.74, 6) is 1.57. The Bertz CT molecular complexity index is 709. The summed E-state index contributed by atoms with van der Waals surface area (Å²) in [6.07, 6.45) is 3.95. The summed E-state index contributed by atoms with van der Waals surface area (Å²) in [6.45, 7) is 7.64. The van der Waals surface area contributed by atoms with Gasteiger partial charge in [0.25, 0.3) is 0 Å². The molecule has 0 radical (unpaired) electrons. The summed E-state index contributed by atoms with van der Waals surface area (Å²) in [6, 6.07) is 6.22. The van der Waals surface area contributed by atoms with Gasteiger partial charge in [-0.1, -0.05) is 12.1 Å². The lowest BCUT2D eigenvalue weighted by Gasteiger charge is -2.30. The van der Waals surface area contributed by atoms with E-state index in [1.165, 1.54) is 0 Å². The van der Waals surface area contributed by atoms with Gasteiger partial charge in [-0.15, -0.1) is 24.0 Å². The molecule has 1 aromatic rings. The van der Waals surface area contributed by atoms with Crippen LogP contribution in [0.15, 0.2) is 23.2 Å². The Morgan fingerprint density at radius 1 is 1.22 bits per heavy atom. The van der Waals surface area contributed by atoms with E-state index in [1.807, 2.05) is 0 Å². The fourth-order valence-electron chi connectivity index (χ4n) is 3.68. The summed E-state index contributed by atoms with van der Waals surface area (Å²) in [5, 5.41) is 6.75. The third kappa shape index (κ3) is 10.4. The Kier molecular flexibility index (Phi) is 14.3. The topological polar surface area (TPSA) is 101 Å². The number of nitrogens with zero attached hydrogens (tertiary/aromatic N) is 2. The molecule has 0 aliphatic carbocycles. The number of nitrogens with one attached hydrogen (secondary N) is 2. The first-order valence-corrected chi connectivity index (χ1v) is 11.2. The van der Waals surface area contributed by atoms with Gasteiger partial charge in [0, 0.05) is 38.7 Å². The van der Waals surface area contributed by atoms with Crippen molar-refractivity contribution in [3.05, 3.63) is 29.3 Å². The van der Waals surface area contributed by atoms with Crippen molar-refractivity contribution in [3.63, 3.8) is 0 Å². The number of nitrogens with two attached hydrogens (primary N) is 1. The average Bonchev–Trinajstić information content (AvgIpc) is 2.77. The Balaban J connectivity index is 0.00000512. The van der Waals surface area contributed by atoms with Crippen LogP contribution in [0.1, 0.15) is 36.8 Å². The molecule has 0 atom stereocenters. The summed E-state index contributed by atoms with van der Waals surface area (Å²) in [5.41, 5.74) is 7.65. The van der Waals surface area contributed by atoms with Gasteiger partial charge in [-0.2, -0.15) is 0 Å². The van der Waals surface area contributed by atoms with Gasteiger partial charge in [0.1, 0.15) is 12.4 Å². The van der Waals surface area contributed by atoms with E-state index in [1.54, 1.807) is 14.2 Å². The van der Waals surface area contributed by atoms with E-state index in [4.69, 9.17) is 15.2 Å². The monoisotopic (exact) mass is 561 g/mol. The molecule has 1 saturated heterocycles. The molecule has 1 amide bonds. The lowest BCUT2D eigenvalue weighted by molar-refractivity contribution is -0.123. The largest absolute Gasteiger partial charge is 0.491 e. The first-order chi connectivity index (χ1) is 15.0. The number of guanidine groups is 1. The number of rotatable bonds is 12. The number of likely N-dealkylation sites (tertiary alicyclic amines) is 1. The summed E-state index contributed by atoms with van der Waals surface area (Å²) < 4.78 is 10.9. The third-order valence-corrected chi connectivity index (χ3v) is 5.62. The molecule has 32 heavy (non-hydrogen) atoms. The van der Waals surface area contributed by atoms with Crippen LogP contribution < -0.4 is 21.1 Å². The highest BCUT2D eigenvalue weighted by molar-refractivity contribution is 14.0. The Labute approximate surface area is 209 Å². The fraction of sp³-hybridized carbons (Fsp3) is 0.652. The van der Waals surface area contributed by atoms with Crippen molar-refractivity contribution in [1.82, 2.24) is 15.5 Å². The minimum Gasteiger partial charge on any atom is -0.491 e. The number of benzene rings is 1. The zero-order chi connectivity index (χ0) is 22.5. The van der Waals surface area contributed by atoms with E-state index >= 15 is 0 Å². The fourth-order valence-corrected chi connectivity index (χ4v) is 3.68. The molecule has 1 aliphatic rings. The van der Waals surface area contributed by atoms with Crippen molar-refractivity contribution in [2.75, 3.05) is 53.6 Å². The van der Waals surface area contributed by atoms with Gasteiger partial charge in [-0.25, -0.2) is 0 Å². The minimum atomic E-state index is -0.151. The molecule has 0 bridgehead atoms. The average molecular weight is 562 g/mol. The molecule has 9 heteroatoms. The van der Waals surface area contributed by atoms with E-state index in [0.717, 1.165) is 74.7 Å². The molecule has 182 valence electrons. The maximum atomic E-state index is 11.3.